The second-order valence-corrected chi connectivity index (χ2v) is 10.9. The molecule has 45 heavy (non-hydrogen) atoms. The largest absolute Gasteiger partial charge is 0.505 e. The number of benzene rings is 4. The van der Waals surface area contributed by atoms with Crippen molar-refractivity contribution in [3.63, 3.8) is 0 Å². The highest BCUT2D eigenvalue weighted by Crippen LogP contribution is 2.55. The number of hydrogen-bond donors (Lipinski definition) is 6. The monoisotopic (exact) mass is 663 g/mol. The fraction of sp³-hybridized carbons (Fsp3) is 0.290. The Balaban J connectivity index is 0.00000196. The first kappa shape index (κ1) is 41.1. The summed E-state index contributed by atoms with van der Waals surface area (Å²) in [5, 5.41) is 26.2. The standard InChI is InChI=1S/C22H19N5O7S2.C3H8.3C2H6/c23-19-18-13(11-16(35(29,30)31)20(19)26-24-14-7-3-1-4-8-14)12-17(36(32,33)34)21(22(18)28)27-25-15-9-5-2-6-10-15;1-3-2;3*1-2/h1-12,28-31H,23H2,(H,32,33,34);3H2,1-2H3;3*1-2H3. The third-order valence-corrected chi connectivity index (χ3v) is 6.70. The molecule has 0 radical (unpaired) electrons. The van der Waals surface area contributed by atoms with Crippen molar-refractivity contribution in [1.29, 1.82) is 0 Å². The van der Waals surface area contributed by atoms with Crippen LogP contribution in [0.2, 0.25) is 0 Å². The van der Waals surface area contributed by atoms with Crippen molar-refractivity contribution < 1.29 is 31.7 Å². The maximum Gasteiger partial charge on any atom is 0.296 e. The maximum absolute atomic E-state index is 12.1. The van der Waals surface area contributed by atoms with Gasteiger partial charge in [-0.15, -0.1) is 10.2 Å². The van der Waals surface area contributed by atoms with Crippen molar-refractivity contribution in [3.8, 4) is 5.75 Å². The molecule has 0 fully saturated rings. The average Bonchev–Trinajstić information content (AvgIpc) is 3.03. The second-order valence-electron chi connectivity index (χ2n) is 8.08. The molecule has 14 heteroatoms. The Morgan fingerprint density at radius 2 is 1.02 bits per heavy atom. The normalized spacial score (nSPS) is 11.3. The summed E-state index contributed by atoms with van der Waals surface area (Å²) in [7, 11) is -9.39. The summed E-state index contributed by atoms with van der Waals surface area (Å²) in [6.07, 6.45) is 1.25. The lowest BCUT2D eigenvalue weighted by atomic mass is 10.1. The van der Waals surface area contributed by atoms with Gasteiger partial charge in [-0.25, -0.2) is 0 Å². The van der Waals surface area contributed by atoms with Crippen LogP contribution in [-0.2, 0) is 10.1 Å². The van der Waals surface area contributed by atoms with E-state index in [1.54, 1.807) is 60.7 Å². The van der Waals surface area contributed by atoms with E-state index < -0.39 is 42.2 Å². The molecule has 0 unspecified atom stereocenters. The number of aromatic hydroxyl groups is 1. The van der Waals surface area contributed by atoms with E-state index in [0.29, 0.717) is 11.4 Å². The van der Waals surface area contributed by atoms with E-state index in [4.69, 9.17) is 5.73 Å². The molecule has 4 aromatic rings. The Morgan fingerprint density at radius 1 is 0.644 bits per heavy atom. The molecule has 0 amide bonds. The number of azo groups is 2. The van der Waals surface area contributed by atoms with Crippen LogP contribution in [-0.4, -0.2) is 31.7 Å². The van der Waals surface area contributed by atoms with Crippen molar-refractivity contribution in [1.82, 2.24) is 0 Å². The second kappa shape index (κ2) is 20.2. The van der Waals surface area contributed by atoms with Crippen LogP contribution >= 0.6 is 10.9 Å². The SMILES string of the molecule is CC.CC.CC.CCC.Nc1c(N=Nc2ccccc2)c(S(O)(O)O)cc2cc(S(=O)(=O)O)c(N=Nc3ccccc3)c(O)c12. The van der Waals surface area contributed by atoms with Gasteiger partial charge in [-0.2, -0.15) is 18.6 Å². The van der Waals surface area contributed by atoms with Gasteiger partial charge in [0.2, 0.25) is 0 Å². The Hall–Kier alpha value is -3.92. The van der Waals surface area contributed by atoms with E-state index in [2.05, 4.69) is 34.3 Å². The van der Waals surface area contributed by atoms with Crippen LogP contribution in [0, 0.1) is 0 Å². The summed E-state index contributed by atoms with van der Waals surface area (Å²) in [5.74, 6) is -0.783. The molecule has 0 heterocycles. The first-order valence-corrected chi connectivity index (χ1v) is 17.4. The molecule has 248 valence electrons. The molecule has 0 spiro atoms. The minimum absolute atomic E-state index is 0.168. The minimum Gasteiger partial charge on any atom is -0.505 e. The van der Waals surface area contributed by atoms with Gasteiger partial charge in [-0.3, -0.25) is 4.55 Å². The Kier molecular flexibility index (Phi) is 18.4. The number of nitrogens with two attached hydrogens (primary N) is 1. The highest BCUT2D eigenvalue weighted by molar-refractivity contribution is 8.19. The molecule has 0 atom stereocenters. The number of phenols is 1. The minimum atomic E-state index is -4.95. The van der Waals surface area contributed by atoms with Gasteiger partial charge in [0.1, 0.15) is 27.1 Å². The highest BCUT2D eigenvalue weighted by Gasteiger charge is 2.29. The number of anilines is 1. The van der Waals surface area contributed by atoms with Gasteiger partial charge in [0.05, 0.1) is 27.3 Å². The van der Waals surface area contributed by atoms with Crippen LogP contribution in [0.15, 0.2) is 103 Å². The molecule has 4 aromatic carbocycles. The van der Waals surface area contributed by atoms with E-state index in [0.717, 1.165) is 12.1 Å². The first-order chi connectivity index (χ1) is 21.4. The lowest BCUT2D eigenvalue weighted by Gasteiger charge is -2.23. The topological polar surface area (TPSA) is 211 Å². The summed E-state index contributed by atoms with van der Waals surface area (Å²) in [6, 6.07) is 18.4. The molecule has 0 bridgehead atoms. The molecule has 0 aliphatic heterocycles. The lowest BCUT2D eigenvalue weighted by molar-refractivity contribution is 0.376. The number of fused-ring (bicyclic) bond motifs is 1. The van der Waals surface area contributed by atoms with E-state index >= 15 is 0 Å². The van der Waals surface area contributed by atoms with Gasteiger partial charge in [0.15, 0.2) is 5.75 Å². The zero-order chi connectivity index (χ0) is 34.8. The quantitative estimate of drug-likeness (QED) is 0.0661. The summed E-state index contributed by atoms with van der Waals surface area (Å²) >= 11 is 0. The summed E-state index contributed by atoms with van der Waals surface area (Å²) in [6.45, 7) is 16.2. The van der Waals surface area contributed by atoms with Crippen molar-refractivity contribution in [2.75, 3.05) is 5.73 Å². The number of nitrogens with zero attached hydrogens (tertiary/aromatic N) is 4. The molecule has 0 aromatic heterocycles. The Bertz CT molecular complexity index is 1630. The highest BCUT2D eigenvalue weighted by atomic mass is 32.3. The van der Waals surface area contributed by atoms with Crippen LogP contribution in [0.25, 0.3) is 10.8 Å². The van der Waals surface area contributed by atoms with Gasteiger partial charge in [0.25, 0.3) is 10.1 Å². The predicted molar refractivity (Wildman–Crippen MR) is 185 cm³/mol. The lowest BCUT2D eigenvalue weighted by Crippen LogP contribution is -2.02. The molecule has 7 N–H and O–H groups in total. The molecule has 0 aliphatic rings. The zero-order valence-electron chi connectivity index (χ0n) is 26.9. The van der Waals surface area contributed by atoms with Crippen LogP contribution in [0.5, 0.6) is 5.75 Å². The average molecular weight is 664 g/mol. The molecular formula is C31H45N5O7S2. The molecule has 0 aliphatic carbocycles. The van der Waals surface area contributed by atoms with Gasteiger partial charge >= 0.3 is 0 Å². The molecule has 0 saturated carbocycles. The van der Waals surface area contributed by atoms with E-state index in [-0.39, 0.29) is 22.1 Å². The molecule has 0 saturated heterocycles. The van der Waals surface area contributed by atoms with Crippen LogP contribution in [0.4, 0.5) is 28.4 Å². The number of nitrogen functional groups attached to an aromatic ring is 1. The van der Waals surface area contributed by atoms with E-state index in [1.165, 1.54) is 6.42 Å². The molecular weight excluding hydrogens is 619 g/mol. The van der Waals surface area contributed by atoms with Gasteiger partial charge in [0, 0.05) is 0 Å². The number of hydrogen-bond acceptors (Lipinski definition) is 11. The summed E-state index contributed by atoms with van der Waals surface area (Å²) in [4.78, 5) is -1.41. The zero-order valence-corrected chi connectivity index (χ0v) is 28.5. The van der Waals surface area contributed by atoms with Crippen molar-refractivity contribution in [2.45, 2.75) is 71.6 Å². The Labute approximate surface area is 267 Å². The number of phenolic OH excluding ortho intramolecular Hbond substituents is 1. The fourth-order valence-electron chi connectivity index (χ4n) is 3.32. The Morgan fingerprint density at radius 3 is 1.40 bits per heavy atom. The van der Waals surface area contributed by atoms with Gasteiger partial charge in [-0.05, 0) is 41.8 Å². The van der Waals surface area contributed by atoms with Crippen LogP contribution in [0.1, 0.15) is 61.8 Å². The van der Waals surface area contributed by atoms with Crippen molar-refractivity contribution >= 4 is 60.2 Å². The summed E-state index contributed by atoms with van der Waals surface area (Å²) in [5.41, 5.74) is 5.54. The molecule has 4 rings (SSSR count). The van der Waals surface area contributed by atoms with Gasteiger partial charge in [-0.1, -0.05) is 98.2 Å². The molecule has 12 nitrogen and oxygen atoms in total. The third-order valence-electron chi connectivity index (χ3n) is 4.93. The van der Waals surface area contributed by atoms with Crippen LogP contribution < -0.4 is 5.73 Å². The van der Waals surface area contributed by atoms with E-state index in [1.807, 2.05) is 41.5 Å². The van der Waals surface area contributed by atoms with Gasteiger partial charge < -0.3 is 24.5 Å². The van der Waals surface area contributed by atoms with Crippen molar-refractivity contribution in [3.05, 3.63) is 72.8 Å². The fourth-order valence-corrected chi connectivity index (χ4v) is 4.67. The van der Waals surface area contributed by atoms with Crippen molar-refractivity contribution in [2.24, 2.45) is 20.5 Å². The maximum atomic E-state index is 12.1. The smallest absolute Gasteiger partial charge is 0.296 e. The van der Waals surface area contributed by atoms with Crippen LogP contribution in [0.3, 0.4) is 0 Å². The number of rotatable bonds is 6. The summed E-state index contributed by atoms with van der Waals surface area (Å²) < 4.78 is 63.9. The van der Waals surface area contributed by atoms with E-state index in [9.17, 15) is 31.7 Å². The first-order valence-electron chi connectivity index (χ1n) is 14.4. The third kappa shape index (κ3) is 11.8. The predicted octanol–water partition coefficient (Wildman–Crippen LogP) is 11.3.